The molecule has 2 heteroatoms. The van der Waals surface area contributed by atoms with E-state index in [0.29, 0.717) is 6.61 Å². The molecular formula is C26H36OS. The van der Waals surface area contributed by atoms with Gasteiger partial charge in [0.05, 0.1) is 6.61 Å². The van der Waals surface area contributed by atoms with E-state index in [-0.39, 0.29) is 0 Å². The van der Waals surface area contributed by atoms with E-state index in [0.717, 1.165) is 16.7 Å². The molecule has 0 unspecified atom stereocenters. The SMILES string of the molecule is CCCCCCCC1CCC(c2ccc(COSc3ccccc3)cc2)CC1. The van der Waals surface area contributed by atoms with Crippen molar-refractivity contribution in [2.45, 2.75) is 88.6 Å². The summed E-state index contributed by atoms with van der Waals surface area (Å²) in [4.78, 5) is 1.15. The van der Waals surface area contributed by atoms with Gasteiger partial charge in [0.2, 0.25) is 0 Å². The van der Waals surface area contributed by atoms with Gasteiger partial charge in [-0.15, -0.1) is 0 Å². The van der Waals surface area contributed by atoms with Crippen molar-refractivity contribution in [1.29, 1.82) is 0 Å². The normalized spacial score (nSPS) is 19.6. The summed E-state index contributed by atoms with van der Waals surface area (Å²) in [5.74, 6) is 1.76. The number of rotatable bonds is 11. The quantitative estimate of drug-likeness (QED) is 0.278. The molecule has 2 aromatic carbocycles. The van der Waals surface area contributed by atoms with E-state index in [1.54, 1.807) is 0 Å². The molecule has 0 amide bonds. The van der Waals surface area contributed by atoms with Crippen LogP contribution < -0.4 is 0 Å². The summed E-state index contributed by atoms with van der Waals surface area (Å²) in [6.45, 7) is 2.95. The van der Waals surface area contributed by atoms with E-state index in [1.807, 2.05) is 18.2 Å². The molecule has 1 aliphatic carbocycles. The third-order valence-corrected chi connectivity index (χ3v) is 6.84. The molecule has 1 nitrogen and oxygen atoms in total. The topological polar surface area (TPSA) is 9.23 Å². The Hall–Kier alpha value is -1.25. The Bertz CT molecular complexity index is 644. The van der Waals surface area contributed by atoms with Crippen molar-refractivity contribution in [3.63, 3.8) is 0 Å². The van der Waals surface area contributed by atoms with Gasteiger partial charge in [-0.3, -0.25) is 0 Å². The first-order valence-electron chi connectivity index (χ1n) is 11.3. The number of hydrogen-bond donors (Lipinski definition) is 0. The van der Waals surface area contributed by atoms with Crippen LogP contribution in [0.15, 0.2) is 59.5 Å². The Balaban J connectivity index is 1.35. The highest BCUT2D eigenvalue weighted by molar-refractivity contribution is 7.94. The molecule has 1 saturated carbocycles. The van der Waals surface area contributed by atoms with Gasteiger partial charge in [0.15, 0.2) is 0 Å². The minimum absolute atomic E-state index is 0.657. The van der Waals surface area contributed by atoms with Crippen molar-refractivity contribution in [2.75, 3.05) is 0 Å². The van der Waals surface area contributed by atoms with Gasteiger partial charge in [-0.1, -0.05) is 87.9 Å². The Kier molecular flexibility index (Phi) is 9.46. The second kappa shape index (κ2) is 12.3. The standard InChI is InChI=1S/C26H36OS/c1-2-3-4-5-7-10-22-13-17-24(18-14-22)25-19-15-23(16-20-25)21-27-28-26-11-8-6-9-12-26/h6,8-9,11-12,15-16,19-20,22,24H,2-5,7,10,13-14,17-18,21H2,1H3. The van der Waals surface area contributed by atoms with Crippen molar-refractivity contribution in [3.8, 4) is 0 Å². The molecule has 0 aliphatic heterocycles. The van der Waals surface area contributed by atoms with Crippen LogP contribution in [0.5, 0.6) is 0 Å². The maximum absolute atomic E-state index is 5.78. The maximum atomic E-state index is 5.78. The van der Waals surface area contributed by atoms with E-state index in [4.69, 9.17) is 4.18 Å². The van der Waals surface area contributed by atoms with Gasteiger partial charge in [0.25, 0.3) is 0 Å². The third kappa shape index (κ3) is 7.29. The molecule has 2 aromatic rings. The highest BCUT2D eigenvalue weighted by Gasteiger charge is 2.21. The maximum Gasteiger partial charge on any atom is 0.0869 e. The summed E-state index contributed by atoms with van der Waals surface area (Å²) in [7, 11) is 0. The lowest BCUT2D eigenvalue weighted by molar-refractivity contribution is 0.302. The summed E-state index contributed by atoms with van der Waals surface area (Å²) in [5.41, 5.74) is 2.79. The molecule has 0 heterocycles. The average Bonchev–Trinajstić information content (AvgIpc) is 2.75. The molecular weight excluding hydrogens is 360 g/mol. The molecule has 1 aliphatic rings. The van der Waals surface area contributed by atoms with Crippen LogP contribution in [0.3, 0.4) is 0 Å². The number of hydrogen-bond acceptors (Lipinski definition) is 2. The average molecular weight is 397 g/mol. The van der Waals surface area contributed by atoms with Crippen molar-refractivity contribution < 1.29 is 4.18 Å². The fraction of sp³-hybridized carbons (Fsp3) is 0.538. The van der Waals surface area contributed by atoms with E-state index in [1.165, 1.54) is 87.4 Å². The Morgan fingerprint density at radius 3 is 2.25 bits per heavy atom. The fourth-order valence-electron chi connectivity index (χ4n) is 4.35. The lowest BCUT2D eigenvalue weighted by Crippen LogP contribution is -2.13. The second-order valence-corrected chi connectivity index (χ2v) is 9.19. The molecule has 152 valence electrons. The summed E-state index contributed by atoms with van der Waals surface area (Å²) >= 11 is 1.46. The third-order valence-electron chi connectivity index (χ3n) is 6.14. The van der Waals surface area contributed by atoms with Gasteiger partial charge in [-0.25, -0.2) is 0 Å². The highest BCUT2D eigenvalue weighted by atomic mass is 32.2. The molecule has 0 spiro atoms. The van der Waals surface area contributed by atoms with Gasteiger partial charge in [-0.2, -0.15) is 0 Å². The van der Waals surface area contributed by atoms with Crippen LogP contribution in [-0.2, 0) is 10.8 Å². The molecule has 0 aromatic heterocycles. The zero-order valence-corrected chi connectivity index (χ0v) is 18.3. The van der Waals surface area contributed by atoms with Crippen LogP contribution in [0.1, 0.15) is 88.2 Å². The monoisotopic (exact) mass is 396 g/mol. The first-order valence-corrected chi connectivity index (χ1v) is 12.0. The Morgan fingerprint density at radius 2 is 1.54 bits per heavy atom. The predicted octanol–water partition coefficient (Wildman–Crippen LogP) is 8.54. The summed E-state index contributed by atoms with van der Waals surface area (Å²) < 4.78 is 5.78. The lowest BCUT2D eigenvalue weighted by Gasteiger charge is -2.29. The van der Waals surface area contributed by atoms with Crippen LogP contribution in [0.2, 0.25) is 0 Å². The molecule has 0 saturated heterocycles. The van der Waals surface area contributed by atoms with Crippen LogP contribution in [-0.4, -0.2) is 0 Å². The minimum Gasteiger partial charge on any atom is -0.305 e. The van der Waals surface area contributed by atoms with Gasteiger partial charge in [0, 0.05) is 16.9 Å². The molecule has 0 radical (unpaired) electrons. The van der Waals surface area contributed by atoms with Gasteiger partial charge in [0.1, 0.15) is 0 Å². The highest BCUT2D eigenvalue weighted by Crippen LogP contribution is 2.38. The van der Waals surface area contributed by atoms with E-state index < -0.39 is 0 Å². The van der Waals surface area contributed by atoms with Gasteiger partial charge in [-0.05, 0) is 60.8 Å². The zero-order valence-electron chi connectivity index (χ0n) is 17.4. The van der Waals surface area contributed by atoms with Crippen LogP contribution in [0.25, 0.3) is 0 Å². The van der Waals surface area contributed by atoms with Crippen molar-refractivity contribution in [2.24, 2.45) is 5.92 Å². The first-order chi connectivity index (χ1) is 13.8. The summed E-state index contributed by atoms with van der Waals surface area (Å²) in [6, 6.07) is 19.4. The predicted molar refractivity (Wildman–Crippen MR) is 122 cm³/mol. The number of benzene rings is 2. The van der Waals surface area contributed by atoms with Crippen LogP contribution in [0, 0.1) is 5.92 Å². The Morgan fingerprint density at radius 1 is 0.821 bits per heavy atom. The van der Waals surface area contributed by atoms with E-state index in [2.05, 4.69) is 43.3 Å². The van der Waals surface area contributed by atoms with Crippen molar-refractivity contribution in [1.82, 2.24) is 0 Å². The largest absolute Gasteiger partial charge is 0.305 e. The zero-order chi connectivity index (χ0) is 19.4. The smallest absolute Gasteiger partial charge is 0.0869 e. The van der Waals surface area contributed by atoms with Crippen LogP contribution in [0.4, 0.5) is 0 Å². The van der Waals surface area contributed by atoms with Crippen molar-refractivity contribution in [3.05, 3.63) is 65.7 Å². The fourth-order valence-corrected chi connectivity index (χ4v) is 4.95. The molecule has 0 bridgehead atoms. The summed E-state index contributed by atoms with van der Waals surface area (Å²) in [5, 5.41) is 0. The first kappa shape index (κ1) is 21.5. The lowest BCUT2D eigenvalue weighted by atomic mass is 9.77. The molecule has 28 heavy (non-hydrogen) atoms. The van der Waals surface area contributed by atoms with E-state index >= 15 is 0 Å². The van der Waals surface area contributed by atoms with E-state index in [9.17, 15) is 0 Å². The van der Waals surface area contributed by atoms with Crippen LogP contribution >= 0.6 is 12.0 Å². The van der Waals surface area contributed by atoms with Gasteiger partial charge >= 0.3 is 0 Å². The number of unbranched alkanes of at least 4 members (excludes halogenated alkanes) is 4. The molecule has 1 fully saturated rings. The van der Waals surface area contributed by atoms with Gasteiger partial charge < -0.3 is 4.18 Å². The second-order valence-electron chi connectivity index (χ2n) is 8.32. The summed E-state index contributed by atoms with van der Waals surface area (Å²) in [6.07, 6.45) is 14.2. The van der Waals surface area contributed by atoms with Crippen molar-refractivity contribution >= 4 is 12.0 Å². The molecule has 0 atom stereocenters. The minimum atomic E-state index is 0.657. The molecule has 3 rings (SSSR count). The Labute approximate surface area is 176 Å². The molecule has 0 N–H and O–H groups in total.